The first-order valence-electron chi connectivity index (χ1n) is 7.68. The molecule has 0 aliphatic rings. The van der Waals surface area contributed by atoms with Crippen LogP contribution >= 0.6 is 0 Å². The van der Waals surface area contributed by atoms with Gasteiger partial charge in [-0.1, -0.05) is 36.4 Å². The molecule has 5 nitrogen and oxygen atoms in total. The molecule has 6 heteroatoms. The molecule has 0 unspecified atom stereocenters. The fourth-order valence-electron chi connectivity index (χ4n) is 2.62. The lowest BCUT2D eigenvalue weighted by Gasteiger charge is -2.14. The van der Waals surface area contributed by atoms with Crippen LogP contribution in [-0.4, -0.2) is 29.2 Å². The number of hydrogen-bond donors (Lipinski definition) is 1. The quantitative estimate of drug-likeness (QED) is 0.796. The number of benzene rings is 2. The summed E-state index contributed by atoms with van der Waals surface area (Å²) < 4.78 is 37.7. The first kappa shape index (κ1) is 18.3. The topological polar surface area (TPSA) is 64.6 Å². The highest BCUT2D eigenvalue weighted by molar-refractivity contribution is 7.88. The van der Waals surface area contributed by atoms with Crippen LogP contribution in [-0.2, 0) is 22.2 Å². The molecule has 0 saturated carbocycles. The minimum atomic E-state index is -3.36. The zero-order valence-corrected chi connectivity index (χ0v) is 15.0. The van der Waals surface area contributed by atoms with Crippen molar-refractivity contribution < 1.29 is 17.9 Å². The third kappa shape index (κ3) is 4.72. The molecule has 0 aliphatic carbocycles. The molecule has 0 aromatic heterocycles. The van der Waals surface area contributed by atoms with E-state index in [0.717, 1.165) is 28.2 Å². The van der Waals surface area contributed by atoms with Crippen LogP contribution in [0.2, 0.25) is 0 Å². The van der Waals surface area contributed by atoms with Crippen molar-refractivity contribution in [1.82, 2.24) is 4.72 Å². The van der Waals surface area contributed by atoms with Crippen molar-refractivity contribution in [2.45, 2.75) is 19.1 Å². The Bertz CT molecular complexity index is 773. The first-order chi connectivity index (χ1) is 11.5. The van der Waals surface area contributed by atoms with Crippen molar-refractivity contribution in [2.75, 3.05) is 20.8 Å². The van der Waals surface area contributed by atoms with E-state index in [1.54, 1.807) is 26.4 Å². The van der Waals surface area contributed by atoms with Crippen molar-refractivity contribution >= 4 is 10.0 Å². The Balaban J connectivity index is 2.00. The Morgan fingerprint density at radius 1 is 1.00 bits per heavy atom. The van der Waals surface area contributed by atoms with Gasteiger partial charge in [-0.05, 0) is 30.5 Å². The van der Waals surface area contributed by atoms with Crippen LogP contribution < -0.4 is 14.2 Å². The molecule has 24 heavy (non-hydrogen) atoms. The lowest BCUT2D eigenvalue weighted by atomic mass is 10.1. The summed E-state index contributed by atoms with van der Waals surface area (Å²) in [4.78, 5) is 0. The molecule has 0 fully saturated rings. The van der Waals surface area contributed by atoms with Crippen LogP contribution in [0.4, 0.5) is 0 Å². The van der Waals surface area contributed by atoms with Gasteiger partial charge in [0.2, 0.25) is 10.0 Å². The second-order valence-electron chi connectivity index (χ2n) is 5.47. The number of nitrogens with one attached hydrogen (secondary N) is 1. The molecule has 0 heterocycles. The van der Waals surface area contributed by atoms with Crippen molar-refractivity contribution in [1.29, 1.82) is 0 Å². The second-order valence-corrected chi connectivity index (χ2v) is 7.28. The summed E-state index contributed by atoms with van der Waals surface area (Å²) >= 11 is 0. The summed E-state index contributed by atoms with van der Waals surface area (Å²) in [7, 11) is -0.151. The maximum absolute atomic E-state index is 12.1. The molecule has 0 bridgehead atoms. The molecule has 0 spiro atoms. The molecule has 0 radical (unpaired) electrons. The summed E-state index contributed by atoms with van der Waals surface area (Å²) in [5.74, 6) is 1.46. The highest BCUT2D eigenvalue weighted by Gasteiger charge is 2.14. The van der Waals surface area contributed by atoms with Gasteiger partial charge in [0.15, 0.2) is 0 Å². The molecule has 2 aromatic rings. The maximum atomic E-state index is 12.1. The van der Waals surface area contributed by atoms with E-state index >= 15 is 0 Å². The van der Waals surface area contributed by atoms with Crippen LogP contribution in [0.5, 0.6) is 11.5 Å². The molecule has 2 aromatic carbocycles. The van der Waals surface area contributed by atoms with Gasteiger partial charge in [0.05, 0.1) is 20.0 Å². The van der Waals surface area contributed by atoms with Crippen LogP contribution in [0.25, 0.3) is 0 Å². The SMILES string of the molecule is COc1ccc(CCNS(=O)(=O)Cc2ccccc2)c(OC)c1C. The van der Waals surface area contributed by atoms with E-state index in [2.05, 4.69) is 4.72 Å². The van der Waals surface area contributed by atoms with Gasteiger partial charge >= 0.3 is 0 Å². The largest absolute Gasteiger partial charge is 0.496 e. The Hall–Kier alpha value is -2.05. The van der Waals surface area contributed by atoms with Gasteiger partial charge in [-0.25, -0.2) is 13.1 Å². The van der Waals surface area contributed by atoms with Crippen molar-refractivity contribution in [3.63, 3.8) is 0 Å². The predicted molar refractivity (Wildman–Crippen MR) is 95.1 cm³/mol. The molecule has 1 N–H and O–H groups in total. The van der Waals surface area contributed by atoms with Gasteiger partial charge in [-0.3, -0.25) is 0 Å². The Morgan fingerprint density at radius 3 is 2.33 bits per heavy atom. The van der Waals surface area contributed by atoms with Crippen LogP contribution in [0.3, 0.4) is 0 Å². The number of hydrogen-bond acceptors (Lipinski definition) is 4. The monoisotopic (exact) mass is 349 g/mol. The molecule has 2 rings (SSSR count). The van der Waals surface area contributed by atoms with Crippen LogP contribution in [0.15, 0.2) is 42.5 Å². The lowest BCUT2D eigenvalue weighted by molar-refractivity contribution is 0.385. The zero-order valence-electron chi connectivity index (χ0n) is 14.2. The molecule has 0 amide bonds. The highest BCUT2D eigenvalue weighted by Crippen LogP contribution is 2.31. The van der Waals surface area contributed by atoms with Gasteiger partial charge in [0, 0.05) is 12.1 Å². The number of methoxy groups -OCH3 is 2. The number of sulfonamides is 1. The van der Waals surface area contributed by atoms with E-state index in [-0.39, 0.29) is 5.75 Å². The predicted octanol–water partition coefficient (Wildman–Crippen LogP) is 2.67. The van der Waals surface area contributed by atoms with E-state index in [0.29, 0.717) is 13.0 Å². The van der Waals surface area contributed by atoms with Crippen molar-refractivity contribution in [2.24, 2.45) is 0 Å². The zero-order chi connectivity index (χ0) is 17.6. The minimum absolute atomic E-state index is 0.0212. The maximum Gasteiger partial charge on any atom is 0.215 e. The van der Waals surface area contributed by atoms with E-state index in [9.17, 15) is 8.42 Å². The van der Waals surface area contributed by atoms with Gasteiger partial charge in [-0.15, -0.1) is 0 Å². The Morgan fingerprint density at radius 2 is 1.71 bits per heavy atom. The second kappa shape index (κ2) is 8.17. The molecular formula is C18H23NO4S. The van der Waals surface area contributed by atoms with E-state index in [1.165, 1.54) is 0 Å². The minimum Gasteiger partial charge on any atom is -0.496 e. The summed E-state index contributed by atoms with van der Waals surface area (Å²) in [5.41, 5.74) is 2.62. The summed E-state index contributed by atoms with van der Waals surface area (Å²) in [5, 5.41) is 0. The Labute approximate surface area is 143 Å². The standard InChI is InChI=1S/C18H23NO4S/c1-14-17(22-2)10-9-16(18(14)23-3)11-12-19-24(20,21)13-15-7-5-4-6-8-15/h4-10,19H,11-13H2,1-3H3. The van der Waals surface area contributed by atoms with Gasteiger partial charge in [0.1, 0.15) is 11.5 Å². The average molecular weight is 349 g/mol. The molecular weight excluding hydrogens is 326 g/mol. The third-order valence-electron chi connectivity index (χ3n) is 3.78. The average Bonchev–Trinajstić information content (AvgIpc) is 2.55. The van der Waals surface area contributed by atoms with Gasteiger partial charge in [0.25, 0.3) is 0 Å². The fourth-order valence-corrected chi connectivity index (χ4v) is 3.76. The van der Waals surface area contributed by atoms with E-state index in [4.69, 9.17) is 9.47 Å². The van der Waals surface area contributed by atoms with E-state index in [1.807, 2.05) is 37.3 Å². The number of ether oxygens (including phenoxy) is 2. The van der Waals surface area contributed by atoms with E-state index < -0.39 is 10.0 Å². The summed E-state index contributed by atoms with van der Waals surface area (Å²) in [6.07, 6.45) is 0.544. The molecule has 0 aliphatic heterocycles. The number of rotatable bonds is 8. The molecule has 0 atom stereocenters. The first-order valence-corrected chi connectivity index (χ1v) is 9.34. The molecule has 0 saturated heterocycles. The van der Waals surface area contributed by atoms with Crippen LogP contribution in [0, 0.1) is 6.92 Å². The highest BCUT2D eigenvalue weighted by atomic mass is 32.2. The molecule has 130 valence electrons. The van der Waals surface area contributed by atoms with Crippen molar-refractivity contribution in [3.05, 3.63) is 59.2 Å². The normalized spacial score (nSPS) is 11.3. The smallest absolute Gasteiger partial charge is 0.215 e. The van der Waals surface area contributed by atoms with Gasteiger partial charge in [-0.2, -0.15) is 0 Å². The van der Waals surface area contributed by atoms with Crippen molar-refractivity contribution in [3.8, 4) is 11.5 Å². The summed E-state index contributed by atoms with van der Waals surface area (Å²) in [6.45, 7) is 2.23. The Kier molecular flexibility index (Phi) is 6.23. The van der Waals surface area contributed by atoms with Crippen LogP contribution in [0.1, 0.15) is 16.7 Å². The lowest BCUT2D eigenvalue weighted by Crippen LogP contribution is -2.27. The fraction of sp³-hybridized carbons (Fsp3) is 0.333. The third-order valence-corrected chi connectivity index (χ3v) is 5.13. The summed E-state index contributed by atoms with van der Waals surface area (Å²) in [6, 6.07) is 12.9. The van der Waals surface area contributed by atoms with Gasteiger partial charge < -0.3 is 9.47 Å².